The van der Waals surface area contributed by atoms with Crippen molar-refractivity contribution in [1.29, 1.82) is 0 Å². The minimum atomic E-state index is -0.399. The highest BCUT2D eigenvalue weighted by atomic mass is 16.6. The fourth-order valence-electron chi connectivity index (χ4n) is 3.88. The predicted octanol–water partition coefficient (Wildman–Crippen LogP) is 2.17. The Morgan fingerprint density at radius 1 is 0.909 bits per heavy atom. The van der Waals surface area contributed by atoms with Gasteiger partial charge in [-0.3, -0.25) is 9.80 Å². The summed E-state index contributed by atoms with van der Waals surface area (Å²) in [5.41, 5.74) is -0.399. The zero-order valence-corrected chi connectivity index (χ0v) is 14.4. The summed E-state index contributed by atoms with van der Waals surface area (Å²) in [6.45, 7) is 11.8. The fourth-order valence-corrected chi connectivity index (χ4v) is 3.88. The maximum atomic E-state index is 12.1. The molecule has 0 spiro atoms. The molecule has 5 heteroatoms. The summed E-state index contributed by atoms with van der Waals surface area (Å²) < 4.78 is 5.46. The smallest absolute Gasteiger partial charge is 0.410 e. The first-order valence-corrected chi connectivity index (χ1v) is 8.88. The van der Waals surface area contributed by atoms with Gasteiger partial charge in [0, 0.05) is 51.4 Å². The molecule has 0 radical (unpaired) electrons. The molecule has 126 valence electrons. The fraction of sp³-hybridized carbons (Fsp3) is 0.941. The van der Waals surface area contributed by atoms with E-state index < -0.39 is 5.60 Å². The summed E-state index contributed by atoms with van der Waals surface area (Å²) in [6.07, 6.45) is 5.48. The van der Waals surface area contributed by atoms with Gasteiger partial charge in [0.05, 0.1) is 0 Å². The Labute approximate surface area is 134 Å². The first-order chi connectivity index (χ1) is 10.4. The van der Waals surface area contributed by atoms with Crippen molar-refractivity contribution in [2.75, 3.05) is 39.3 Å². The zero-order valence-electron chi connectivity index (χ0n) is 14.4. The Morgan fingerprint density at radius 2 is 1.50 bits per heavy atom. The van der Waals surface area contributed by atoms with Gasteiger partial charge in [-0.1, -0.05) is 12.8 Å². The van der Waals surface area contributed by atoms with Crippen LogP contribution in [-0.4, -0.2) is 77.7 Å². The molecule has 1 amide bonds. The monoisotopic (exact) mass is 309 g/mol. The Kier molecular flexibility index (Phi) is 4.64. The van der Waals surface area contributed by atoms with E-state index in [1.165, 1.54) is 38.8 Å². The van der Waals surface area contributed by atoms with Crippen LogP contribution in [-0.2, 0) is 4.74 Å². The van der Waals surface area contributed by atoms with Gasteiger partial charge in [0.1, 0.15) is 5.60 Å². The maximum Gasteiger partial charge on any atom is 0.410 e. The third-order valence-corrected chi connectivity index (χ3v) is 5.21. The van der Waals surface area contributed by atoms with Gasteiger partial charge in [-0.25, -0.2) is 4.79 Å². The third kappa shape index (κ3) is 3.74. The standard InChI is InChI=1S/C17H31N3O2/c1-17(2,3)22-16(21)19-10-8-18(9-11-19)15-12-20(13-15)14-6-4-5-7-14/h14-15H,4-13H2,1-3H3. The highest BCUT2D eigenvalue weighted by molar-refractivity contribution is 5.68. The van der Waals surface area contributed by atoms with Crippen molar-refractivity contribution >= 4 is 6.09 Å². The van der Waals surface area contributed by atoms with Crippen LogP contribution in [0, 0.1) is 0 Å². The number of carbonyl (C=O) groups excluding carboxylic acids is 1. The zero-order chi connectivity index (χ0) is 15.7. The topological polar surface area (TPSA) is 36.0 Å². The van der Waals surface area contributed by atoms with Gasteiger partial charge in [0.15, 0.2) is 0 Å². The number of nitrogens with zero attached hydrogens (tertiary/aromatic N) is 3. The van der Waals surface area contributed by atoms with Crippen LogP contribution >= 0.6 is 0 Å². The summed E-state index contributed by atoms with van der Waals surface area (Å²) in [4.78, 5) is 19.2. The van der Waals surface area contributed by atoms with Gasteiger partial charge in [-0.05, 0) is 33.6 Å². The quantitative estimate of drug-likeness (QED) is 0.783. The van der Waals surface area contributed by atoms with Crippen LogP contribution in [0.5, 0.6) is 0 Å². The maximum absolute atomic E-state index is 12.1. The summed E-state index contributed by atoms with van der Waals surface area (Å²) in [5.74, 6) is 0. The van der Waals surface area contributed by atoms with Crippen molar-refractivity contribution in [2.45, 2.75) is 64.1 Å². The largest absolute Gasteiger partial charge is 0.444 e. The highest BCUT2D eigenvalue weighted by Gasteiger charge is 2.38. The number of hydrogen-bond acceptors (Lipinski definition) is 4. The van der Waals surface area contributed by atoms with Gasteiger partial charge in [-0.2, -0.15) is 0 Å². The lowest BCUT2D eigenvalue weighted by molar-refractivity contribution is -0.0242. The lowest BCUT2D eigenvalue weighted by Crippen LogP contribution is -2.65. The van der Waals surface area contributed by atoms with Crippen LogP contribution < -0.4 is 0 Å². The van der Waals surface area contributed by atoms with Crippen LogP contribution in [0.4, 0.5) is 4.79 Å². The minimum Gasteiger partial charge on any atom is -0.444 e. The molecule has 22 heavy (non-hydrogen) atoms. The summed E-state index contributed by atoms with van der Waals surface area (Å²) in [6, 6.07) is 1.57. The molecule has 0 aromatic rings. The van der Waals surface area contributed by atoms with Gasteiger partial charge in [0.2, 0.25) is 0 Å². The molecule has 0 unspecified atom stereocenters. The second kappa shape index (κ2) is 6.36. The lowest BCUT2D eigenvalue weighted by atomic mass is 10.0. The number of likely N-dealkylation sites (tertiary alicyclic amines) is 1. The van der Waals surface area contributed by atoms with Crippen molar-refractivity contribution in [3.63, 3.8) is 0 Å². The molecule has 0 atom stereocenters. The molecule has 1 saturated carbocycles. The molecular weight excluding hydrogens is 278 g/mol. The minimum absolute atomic E-state index is 0.159. The van der Waals surface area contributed by atoms with E-state index in [0.29, 0.717) is 6.04 Å². The van der Waals surface area contributed by atoms with Crippen molar-refractivity contribution < 1.29 is 9.53 Å². The van der Waals surface area contributed by atoms with Gasteiger partial charge in [0.25, 0.3) is 0 Å². The number of rotatable bonds is 2. The molecule has 5 nitrogen and oxygen atoms in total. The number of piperazine rings is 1. The normalized spacial score (nSPS) is 26.2. The van der Waals surface area contributed by atoms with Gasteiger partial charge < -0.3 is 9.64 Å². The molecule has 2 aliphatic heterocycles. The molecule has 1 aliphatic carbocycles. The van der Waals surface area contributed by atoms with Crippen LogP contribution in [0.1, 0.15) is 46.5 Å². The van der Waals surface area contributed by atoms with Crippen molar-refractivity contribution in [1.82, 2.24) is 14.7 Å². The molecule has 0 N–H and O–H groups in total. The van der Waals surface area contributed by atoms with E-state index in [1.807, 2.05) is 25.7 Å². The van der Waals surface area contributed by atoms with E-state index in [2.05, 4.69) is 9.80 Å². The van der Waals surface area contributed by atoms with E-state index in [1.54, 1.807) is 0 Å². The second-order valence-corrected chi connectivity index (χ2v) is 8.05. The van der Waals surface area contributed by atoms with E-state index >= 15 is 0 Å². The highest BCUT2D eigenvalue weighted by Crippen LogP contribution is 2.29. The second-order valence-electron chi connectivity index (χ2n) is 8.05. The molecule has 3 aliphatic rings. The third-order valence-electron chi connectivity index (χ3n) is 5.21. The van der Waals surface area contributed by atoms with Crippen molar-refractivity contribution in [3.05, 3.63) is 0 Å². The molecule has 0 aromatic carbocycles. The first kappa shape index (κ1) is 16.1. The van der Waals surface area contributed by atoms with Crippen molar-refractivity contribution in [3.8, 4) is 0 Å². The first-order valence-electron chi connectivity index (χ1n) is 8.88. The number of amides is 1. The average Bonchev–Trinajstić information content (AvgIpc) is 2.89. The lowest BCUT2D eigenvalue weighted by Gasteiger charge is -2.50. The number of hydrogen-bond donors (Lipinski definition) is 0. The Morgan fingerprint density at radius 3 is 2.05 bits per heavy atom. The summed E-state index contributed by atoms with van der Waals surface area (Å²) in [5, 5.41) is 0. The molecule has 3 rings (SSSR count). The SMILES string of the molecule is CC(C)(C)OC(=O)N1CCN(C2CN(C3CCCC3)C2)CC1. The molecule has 2 saturated heterocycles. The molecule has 3 fully saturated rings. The molecular formula is C17H31N3O2. The van der Waals surface area contributed by atoms with Crippen LogP contribution in [0.3, 0.4) is 0 Å². The van der Waals surface area contributed by atoms with E-state index in [-0.39, 0.29) is 6.09 Å². The summed E-state index contributed by atoms with van der Waals surface area (Å²) in [7, 11) is 0. The Hall–Kier alpha value is -0.810. The average molecular weight is 309 g/mol. The van der Waals surface area contributed by atoms with Crippen molar-refractivity contribution in [2.24, 2.45) is 0 Å². The molecule has 2 heterocycles. The van der Waals surface area contributed by atoms with E-state index in [4.69, 9.17) is 4.74 Å². The van der Waals surface area contributed by atoms with E-state index in [9.17, 15) is 4.79 Å². The van der Waals surface area contributed by atoms with Crippen LogP contribution in [0.25, 0.3) is 0 Å². The number of ether oxygens (including phenoxy) is 1. The van der Waals surface area contributed by atoms with Gasteiger partial charge in [-0.15, -0.1) is 0 Å². The predicted molar refractivity (Wildman–Crippen MR) is 87.0 cm³/mol. The van der Waals surface area contributed by atoms with Crippen LogP contribution in [0.15, 0.2) is 0 Å². The van der Waals surface area contributed by atoms with Gasteiger partial charge >= 0.3 is 6.09 Å². The Bertz CT molecular complexity index is 387. The van der Waals surface area contributed by atoms with E-state index in [0.717, 1.165) is 32.2 Å². The molecule has 0 bridgehead atoms. The molecule has 0 aromatic heterocycles. The summed E-state index contributed by atoms with van der Waals surface area (Å²) >= 11 is 0. The Balaban J connectivity index is 1.38. The number of carbonyl (C=O) groups is 1. The van der Waals surface area contributed by atoms with Crippen LogP contribution in [0.2, 0.25) is 0 Å².